The van der Waals surface area contributed by atoms with Crippen molar-refractivity contribution in [1.82, 2.24) is 5.32 Å². The zero-order valence-electron chi connectivity index (χ0n) is 12.8. The topological polar surface area (TPSA) is 32.3 Å². The molecule has 0 bridgehead atoms. The van der Waals surface area contributed by atoms with E-state index in [1.54, 1.807) is 0 Å². The van der Waals surface area contributed by atoms with Gasteiger partial charge < -0.3 is 10.4 Å². The van der Waals surface area contributed by atoms with Gasteiger partial charge in [-0.05, 0) is 78.4 Å². The predicted octanol–water partition coefficient (Wildman–Crippen LogP) is 4.81. The third-order valence-electron chi connectivity index (χ3n) is 5.37. The minimum Gasteiger partial charge on any atom is -0.389 e. The zero-order chi connectivity index (χ0) is 14.9. The van der Waals surface area contributed by atoms with Gasteiger partial charge in [-0.15, -0.1) is 11.3 Å². The van der Waals surface area contributed by atoms with Crippen LogP contribution in [-0.2, 0) is 6.42 Å². The van der Waals surface area contributed by atoms with E-state index in [4.69, 9.17) is 0 Å². The Bertz CT molecular complexity index is 479. The summed E-state index contributed by atoms with van der Waals surface area (Å²) in [4.78, 5) is 1.52. The quantitative estimate of drug-likeness (QED) is 0.795. The zero-order valence-corrected chi connectivity index (χ0v) is 15.2. The van der Waals surface area contributed by atoms with Crippen LogP contribution in [0.1, 0.15) is 68.4 Å². The summed E-state index contributed by atoms with van der Waals surface area (Å²) < 4.78 is 1.24. The average molecular weight is 372 g/mol. The fourth-order valence-electron chi connectivity index (χ4n) is 3.85. The minimum atomic E-state index is -0.476. The number of nitrogens with one attached hydrogen (secondary N) is 1. The van der Waals surface area contributed by atoms with Gasteiger partial charge in [-0.3, -0.25) is 0 Å². The lowest BCUT2D eigenvalue weighted by molar-refractivity contribution is -0.0110. The van der Waals surface area contributed by atoms with Crippen molar-refractivity contribution < 1.29 is 5.11 Å². The molecule has 1 saturated carbocycles. The lowest BCUT2D eigenvalue weighted by Crippen LogP contribution is -2.44. The summed E-state index contributed by atoms with van der Waals surface area (Å²) in [5, 5.41) is 14.5. The van der Waals surface area contributed by atoms with Crippen LogP contribution in [0.2, 0.25) is 0 Å². The van der Waals surface area contributed by atoms with E-state index in [-0.39, 0.29) is 0 Å². The van der Waals surface area contributed by atoms with Crippen molar-refractivity contribution in [2.75, 3.05) is 6.54 Å². The molecule has 2 N–H and O–H groups in total. The molecular weight excluding hydrogens is 346 g/mol. The molecule has 0 aliphatic heterocycles. The number of hydrogen-bond donors (Lipinski definition) is 2. The van der Waals surface area contributed by atoms with Gasteiger partial charge in [0.25, 0.3) is 0 Å². The molecule has 1 aromatic heterocycles. The van der Waals surface area contributed by atoms with Crippen LogP contribution >= 0.6 is 27.3 Å². The van der Waals surface area contributed by atoms with Gasteiger partial charge in [0.15, 0.2) is 0 Å². The Morgan fingerprint density at radius 1 is 1.38 bits per heavy atom. The highest BCUT2D eigenvalue weighted by molar-refractivity contribution is 9.11. The van der Waals surface area contributed by atoms with Crippen LogP contribution in [0.25, 0.3) is 0 Å². The Balaban J connectivity index is 1.58. The highest BCUT2D eigenvalue weighted by Gasteiger charge is 2.33. The minimum absolute atomic E-state index is 0.434. The van der Waals surface area contributed by atoms with E-state index in [9.17, 15) is 5.11 Å². The first-order valence-corrected chi connectivity index (χ1v) is 9.94. The second-order valence-electron chi connectivity index (χ2n) is 6.83. The maximum Gasteiger partial charge on any atom is 0.0772 e. The number of aryl methyl sites for hydroxylation is 1. The normalized spacial score (nSPS) is 32.9. The summed E-state index contributed by atoms with van der Waals surface area (Å²) >= 11 is 5.49. The molecule has 2 aliphatic carbocycles. The summed E-state index contributed by atoms with van der Waals surface area (Å²) in [7, 11) is 0. The van der Waals surface area contributed by atoms with E-state index in [1.807, 2.05) is 11.3 Å². The smallest absolute Gasteiger partial charge is 0.0772 e. The molecule has 2 nitrogen and oxygen atoms in total. The number of hydrogen-bond acceptors (Lipinski definition) is 3. The molecule has 118 valence electrons. The SMILES string of the molecule is CCC1CCC(O)(CNC2CCCc3sc(Br)cc32)CC1. The number of rotatable bonds is 4. The van der Waals surface area contributed by atoms with Gasteiger partial charge in [-0.2, -0.15) is 0 Å². The molecular formula is C17H26BrNOS. The van der Waals surface area contributed by atoms with Gasteiger partial charge in [-0.25, -0.2) is 0 Å². The Hall–Kier alpha value is 0.100. The summed E-state index contributed by atoms with van der Waals surface area (Å²) in [6.07, 6.45) is 9.24. The average Bonchev–Trinajstić information content (AvgIpc) is 2.87. The Morgan fingerprint density at radius 2 is 2.14 bits per heavy atom. The van der Waals surface area contributed by atoms with Crippen molar-refractivity contribution >= 4 is 27.3 Å². The molecule has 21 heavy (non-hydrogen) atoms. The van der Waals surface area contributed by atoms with Crippen molar-refractivity contribution in [3.8, 4) is 0 Å². The van der Waals surface area contributed by atoms with Crippen molar-refractivity contribution in [3.63, 3.8) is 0 Å². The lowest BCUT2D eigenvalue weighted by Gasteiger charge is -2.37. The Morgan fingerprint density at radius 3 is 2.86 bits per heavy atom. The van der Waals surface area contributed by atoms with Crippen LogP contribution in [0, 0.1) is 5.92 Å². The number of thiophene rings is 1. The first-order valence-electron chi connectivity index (χ1n) is 8.33. The monoisotopic (exact) mass is 371 g/mol. The molecule has 3 rings (SSSR count). The molecule has 0 spiro atoms. The van der Waals surface area contributed by atoms with Crippen molar-refractivity contribution in [1.29, 1.82) is 0 Å². The molecule has 1 atom stereocenters. The van der Waals surface area contributed by atoms with Crippen molar-refractivity contribution in [2.45, 2.75) is 69.9 Å². The van der Waals surface area contributed by atoms with Crippen LogP contribution in [0.15, 0.2) is 9.85 Å². The van der Waals surface area contributed by atoms with Crippen molar-refractivity contribution in [2.24, 2.45) is 5.92 Å². The lowest BCUT2D eigenvalue weighted by atomic mass is 9.77. The van der Waals surface area contributed by atoms with Crippen LogP contribution in [0.3, 0.4) is 0 Å². The van der Waals surface area contributed by atoms with E-state index in [2.05, 4.69) is 34.2 Å². The molecule has 0 radical (unpaired) electrons. The summed E-state index contributed by atoms with van der Waals surface area (Å²) in [5.41, 5.74) is 0.986. The van der Waals surface area contributed by atoms with Gasteiger partial charge >= 0.3 is 0 Å². The third-order valence-corrected chi connectivity index (χ3v) is 7.09. The van der Waals surface area contributed by atoms with Crippen LogP contribution in [0.5, 0.6) is 0 Å². The number of fused-ring (bicyclic) bond motifs is 1. The molecule has 2 aliphatic rings. The van der Waals surface area contributed by atoms with Gasteiger partial charge in [0, 0.05) is 17.5 Å². The van der Waals surface area contributed by atoms with Gasteiger partial charge in [0.05, 0.1) is 9.39 Å². The predicted molar refractivity (Wildman–Crippen MR) is 92.9 cm³/mol. The second kappa shape index (κ2) is 6.69. The third kappa shape index (κ3) is 3.72. The largest absolute Gasteiger partial charge is 0.389 e. The van der Waals surface area contributed by atoms with E-state index >= 15 is 0 Å². The first-order chi connectivity index (χ1) is 10.1. The second-order valence-corrected chi connectivity index (χ2v) is 9.35. The van der Waals surface area contributed by atoms with E-state index in [1.165, 1.54) is 52.8 Å². The summed E-state index contributed by atoms with van der Waals surface area (Å²) in [6.45, 7) is 3.02. The maximum atomic E-state index is 10.8. The molecule has 1 fully saturated rings. The molecule has 4 heteroatoms. The highest BCUT2D eigenvalue weighted by Crippen LogP contribution is 2.39. The summed E-state index contributed by atoms with van der Waals surface area (Å²) in [6, 6.07) is 2.71. The van der Waals surface area contributed by atoms with E-state index < -0.39 is 5.60 Å². The number of aliphatic hydroxyl groups is 1. The fourth-order valence-corrected chi connectivity index (χ4v) is 5.67. The first kappa shape index (κ1) is 16.0. The molecule has 0 amide bonds. The van der Waals surface area contributed by atoms with E-state index in [0.29, 0.717) is 6.04 Å². The van der Waals surface area contributed by atoms with E-state index in [0.717, 1.165) is 25.3 Å². The highest BCUT2D eigenvalue weighted by atomic mass is 79.9. The van der Waals surface area contributed by atoms with Crippen LogP contribution < -0.4 is 5.32 Å². The molecule has 0 saturated heterocycles. The Kier molecular flexibility index (Phi) is 5.09. The van der Waals surface area contributed by atoms with Gasteiger partial charge in [0.1, 0.15) is 0 Å². The maximum absolute atomic E-state index is 10.8. The van der Waals surface area contributed by atoms with Crippen LogP contribution in [0.4, 0.5) is 0 Å². The number of halogens is 1. The molecule has 1 heterocycles. The fraction of sp³-hybridized carbons (Fsp3) is 0.765. The molecule has 1 aromatic rings. The van der Waals surface area contributed by atoms with Gasteiger partial charge in [0.2, 0.25) is 0 Å². The standard InChI is InChI=1S/C17H26BrNOS/c1-2-12-6-8-17(20,9-7-12)11-19-14-4-3-5-15-13(14)10-16(18)21-15/h10,12,14,19-20H,2-9,11H2,1H3. The van der Waals surface area contributed by atoms with Crippen molar-refractivity contribution in [3.05, 3.63) is 20.3 Å². The van der Waals surface area contributed by atoms with Crippen LogP contribution in [-0.4, -0.2) is 17.3 Å². The van der Waals surface area contributed by atoms with Gasteiger partial charge in [-0.1, -0.05) is 13.3 Å². The molecule has 0 aromatic carbocycles. The molecule has 1 unspecified atom stereocenters. The summed E-state index contributed by atoms with van der Waals surface area (Å²) in [5.74, 6) is 0.833. The Labute approximate surface area is 140 Å².